The maximum absolute atomic E-state index is 12.3. The highest BCUT2D eigenvalue weighted by molar-refractivity contribution is 5.92. The summed E-state index contributed by atoms with van der Waals surface area (Å²) in [6.07, 6.45) is 1.19. The van der Waals surface area contributed by atoms with E-state index in [9.17, 15) is 19.5 Å². The highest BCUT2D eigenvalue weighted by Crippen LogP contribution is 2.21. The van der Waals surface area contributed by atoms with Gasteiger partial charge in [0.2, 0.25) is 11.8 Å². The third kappa shape index (κ3) is 4.44. The van der Waals surface area contributed by atoms with Gasteiger partial charge in [0.1, 0.15) is 5.54 Å². The van der Waals surface area contributed by atoms with Crippen molar-refractivity contribution in [2.45, 2.75) is 52.5 Å². The number of aliphatic carboxylic acids is 1. The number of nitrogens with zero attached hydrogens (tertiary/aromatic N) is 1. The van der Waals surface area contributed by atoms with Crippen LogP contribution in [0.3, 0.4) is 0 Å². The van der Waals surface area contributed by atoms with E-state index in [0.29, 0.717) is 31.8 Å². The van der Waals surface area contributed by atoms with Crippen LogP contribution in [0.25, 0.3) is 0 Å². The lowest BCUT2D eigenvalue weighted by Crippen LogP contribution is -2.54. The Bertz CT molecular complexity index is 422. The van der Waals surface area contributed by atoms with Gasteiger partial charge in [0.15, 0.2) is 0 Å². The van der Waals surface area contributed by atoms with Gasteiger partial charge in [-0.15, -0.1) is 0 Å². The van der Waals surface area contributed by atoms with Crippen molar-refractivity contribution in [3.05, 3.63) is 0 Å². The molecule has 0 bridgehead atoms. The highest BCUT2D eigenvalue weighted by Gasteiger charge is 2.39. The number of carboxylic acid groups (broad SMARTS) is 1. The van der Waals surface area contributed by atoms with Crippen LogP contribution in [0.15, 0.2) is 0 Å². The van der Waals surface area contributed by atoms with Crippen LogP contribution in [0.5, 0.6) is 0 Å². The number of amides is 2. The minimum absolute atomic E-state index is 0.0311. The third-order valence-corrected chi connectivity index (χ3v) is 3.79. The molecule has 0 aromatic carbocycles. The number of likely N-dealkylation sites (tertiary alicyclic amines) is 1. The van der Waals surface area contributed by atoms with E-state index in [2.05, 4.69) is 5.32 Å². The first-order valence-corrected chi connectivity index (χ1v) is 7.52. The van der Waals surface area contributed by atoms with Gasteiger partial charge in [-0.2, -0.15) is 0 Å². The van der Waals surface area contributed by atoms with Gasteiger partial charge in [-0.1, -0.05) is 27.2 Å². The molecule has 21 heavy (non-hydrogen) atoms. The van der Waals surface area contributed by atoms with Gasteiger partial charge < -0.3 is 15.3 Å². The fraction of sp³-hybridized carbons (Fsp3) is 0.800. The van der Waals surface area contributed by atoms with Crippen LogP contribution in [-0.4, -0.2) is 46.4 Å². The molecule has 0 radical (unpaired) electrons. The molecule has 2 unspecified atom stereocenters. The molecule has 0 aromatic heterocycles. The SMILES string of the molecule is CCCC(C)(NC(=O)C1CC(=O)N(CC(C)C)C1)C(=O)O. The number of hydrogen-bond acceptors (Lipinski definition) is 3. The molecule has 6 nitrogen and oxygen atoms in total. The van der Waals surface area contributed by atoms with Crippen molar-refractivity contribution < 1.29 is 19.5 Å². The molecule has 1 aliphatic rings. The van der Waals surface area contributed by atoms with Crippen molar-refractivity contribution in [1.29, 1.82) is 0 Å². The smallest absolute Gasteiger partial charge is 0.329 e. The molecule has 2 N–H and O–H groups in total. The second kappa shape index (κ2) is 6.91. The van der Waals surface area contributed by atoms with Gasteiger partial charge in [-0.25, -0.2) is 4.79 Å². The molecule has 6 heteroatoms. The van der Waals surface area contributed by atoms with Gasteiger partial charge >= 0.3 is 5.97 Å². The molecule has 0 aromatic rings. The number of hydrogen-bond donors (Lipinski definition) is 2. The molecule has 1 aliphatic heterocycles. The fourth-order valence-electron chi connectivity index (χ4n) is 2.66. The lowest BCUT2D eigenvalue weighted by atomic mass is 9.95. The quantitative estimate of drug-likeness (QED) is 0.740. The molecule has 0 aliphatic carbocycles. The topological polar surface area (TPSA) is 86.7 Å². The first-order valence-electron chi connectivity index (χ1n) is 7.52. The Labute approximate surface area is 125 Å². The Kier molecular flexibility index (Phi) is 5.75. The third-order valence-electron chi connectivity index (χ3n) is 3.79. The summed E-state index contributed by atoms with van der Waals surface area (Å²) in [5.41, 5.74) is -1.26. The minimum Gasteiger partial charge on any atom is -0.480 e. The fourth-order valence-corrected chi connectivity index (χ4v) is 2.66. The Morgan fingerprint density at radius 3 is 2.57 bits per heavy atom. The average molecular weight is 298 g/mol. The summed E-state index contributed by atoms with van der Waals surface area (Å²) in [5.74, 6) is -1.52. The Hall–Kier alpha value is -1.59. The summed E-state index contributed by atoms with van der Waals surface area (Å²) < 4.78 is 0. The number of carbonyl (C=O) groups is 3. The summed E-state index contributed by atoms with van der Waals surface area (Å²) in [6.45, 7) is 8.43. The molecule has 2 amide bonds. The maximum atomic E-state index is 12.3. The molecule has 1 saturated heterocycles. The second-order valence-electron chi connectivity index (χ2n) is 6.47. The number of carbonyl (C=O) groups excluding carboxylic acids is 2. The van der Waals surface area contributed by atoms with E-state index in [4.69, 9.17) is 0 Å². The Morgan fingerprint density at radius 1 is 1.48 bits per heavy atom. The summed E-state index contributed by atoms with van der Waals surface area (Å²) >= 11 is 0. The van der Waals surface area contributed by atoms with Crippen LogP contribution >= 0.6 is 0 Å². The predicted octanol–water partition coefficient (Wildman–Crippen LogP) is 1.25. The summed E-state index contributed by atoms with van der Waals surface area (Å²) in [4.78, 5) is 37.2. The van der Waals surface area contributed by atoms with E-state index in [1.165, 1.54) is 6.92 Å². The van der Waals surface area contributed by atoms with Crippen molar-refractivity contribution in [1.82, 2.24) is 10.2 Å². The van der Waals surface area contributed by atoms with Crippen LogP contribution in [0.2, 0.25) is 0 Å². The number of carboxylic acids is 1. The van der Waals surface area contributed by atoms with E-state index in [1.54, 1.807) is 4.90 Å². The molecule has 1 heterocycles. The molecule has 2 atom stereocenters. The minimum atomic E-state index is -1.26. The lowest BCUT2D eigenvalue weighted by molar-refractivity contribution is -0.147. The van der Waals surface area contributed by atoms with Gasteiger partial charge in [-0.3, -0.25) is 9.59 Å². The van der Waals surface area contributed by atoms with Crippen molar-refractivity contribution in [2.75, 3.05) is 13.1 Å². The van der Waals surface area contributed by atoms with Crippen molar-refractivity contribution in [3.63, 3.8) is 0 Å². The normalized spacial score (nSPS) is 21.5. The van der Waals surface area contributed by atoms with Gasteiger partial charge in [0.05, 0.1) is 5.92 Å². The van der Waals surface area contributed by atoms with Crippen LogP contribution in [0.4, 0.5) is 0 Å². The molecule has 120 valence electrons. The van der Waals surface area contributed by atoms with Crippen molar-refractivity contribution >= 4 is 17.8 Å². The van der Waals surface area contributed by atoms with Crippen molar-refractivity contribution in [3.8, 4) is 0 Å². The zero-order valence-corrected chi connectivity index (χ0v) is 13.3. The van der Waals surface area contributed by atoms with E-state index >= 15 is 0 Å². The zero-order chi connectivity index (χ0) is 16.2. The van der Waals surface area contributed by atoms with Crippen LogP contribution in [0, 0.1) is 11.8 Å². The summed E-state index contributed by atoms with van der Waals surface area (Å²) in [6, 6.07) is 0. The van der Waals surface area contributed by atoms with Gasteiger partial charge in [0, 0.05) is 19.5 Å². The molecule has 0 spiro atoms. The van der Waals surface area contributed by atoms with Gasteiger partial charge in [0.25, 0.3) is 0 Å². The zero-order valence-electron chi connectivity index (χ0n) is 13.3. The summed E-state index contributed by atoms with van der Waals surface area (Å²) in [5, 5.41) is 11.9. The predicted molar refractivity (Wildman–Crippen MR) is 78.6 cm³/mol. The van der Waals surface area contributed by atoms with Crippen LogP contribution in [0.1, 0.15) is 47.0 Å². The van der Waals surface area contributed by atoms with Crippen molar-refractivity contribution in [2.24, 2.45) is 11.8 Å². The molecule has 1 rings (SSSR count). The second-order valence-corrected chi connectivity index (χ2v) is 6.47. The van der Waals surface area contributed by atoms with E-state index in [0.717, 1.165) is 0 Å². The molecular formula is C15H26N2O4. The summed E-state index contributed by atoms with van der Waals surface area (Å²) in [7, 11) is 0. The van der Waals surface area contributed by atoms with E-state index in [1.807, 2.05) is 20.8 Å². The number of nitrogens with one attached hydrogen (secondary N) is 1. The number of rotatable bonds is 7. The highest BCUT2D eigenvalue weighted by atomic mass is 16.4. The largest absolute Gasteiger partial charge is 0.480 e. The van der Waals surface area contributed by atoms with Gasteiger partial charge in [-0.05, 0) is 19.3 Å². The Balaban J connectivity index is 2.68. The van der Waals surface area contributed by atoms with Crippen LogP contribution in [-0.2, 0) is 14.4 Å². The maximum Gasteiger partial charge on any atom is 0.329 e. The Morgan fingerprint density at radius 2 is 2.10 bits per heavy atom. The standard InChI is InChI=1S/C15H26N2O4/c1-5-6-15(4,14(20)21)16-13(19)11-7-12(18)17(9-11)8-10(2)3/h10-11H,5-9H2,1-4H3,(H,16,19)(H,20,21). The molecule has 1 fully saturated rings. The first-order chi connectivity index (χ1) is 9.69. The molecular weight excluding hydrogens is 272 g/mol. The monoisotopic (exact) mass is 298 g/mol. The van der Waals surface area contributed by atoms with E-state index < -0.39 is 17.4 Å². The van der Waals surface area contributed by atoms with E-state index in [-0.39, 0.29) is 18.2 Å². The molecule has 0 saturated carbocycles. The van der Waals surface area contributed by atoms with Crippen LogP contribution < -0.4 is 5.32 Å². The average Bonchev–Trinajstić information content (AvgIpc) is 2.70. The lowest BCUT2D eigenvalue weighted by Gasteiger charge is -2.27. The first kappa shape index (κ1) is 17.5.